The highest BCUT2D eigenvalue weighted by Gasteiger charge is 2.10. The van der Waals surface area contributed by atoms with Crippen LogP contribution in [0.5, 0.6) is 0 Å². The lowest BCUT2D eigenvalue weighted by molar-refractivity contribution is 0.603. The summed E-state index contributed by atoms with van der Waals surface area (Å²) in [5.41, 5.74) is 2.72. The summed E-state index contributed by atoms with van der Waals surface area (Å²) in [7, 11) is 0. The Bertz CT molecular complexity index is 386. The van der Waals surface area contributed by atoms with Crippen molar-refractivity contribution in [2.45, 2.75) is 68.2 Å². The van der Waals surface area contributed by atoms with Crippen LogP contribution >= 0.6 is 0 Å². The second-order valence-electron chi connectivity index (χ2n) is 4.48. The van der Waals surface area contributed by atoms with E-state index in [-0.39, 0.29) is 0 Å². The SMILES string of the molecule is C=C/C=C(\C=C/C)C(CC)CC(/C=C\C)=C/C=C\C.CC.CC. The number of allylic oxidation sites excluding steroid dienone is 11. The minimum absolute atomic E-state index is 0.543. The summed E-state index contributed by atoms with van der Waals surface area (Å²) < 4.78 is 0. The van der Waals surface area contributed by atoms with Gasteiger partial charge in [0.25, 0.3) is 0 Å². The molecule has 0 aromatic rings. The molecule has 0 aliphatic carbocycles. The Morgan fingerprint density at radius 1 is 0.870 bits per heavy atom. The summed E-state index contributed by atoms with van der Waals surface area (Å²) in [6.07, 6.45) is 21.2. The molecule has 0 aliphatic rings. The van der Waals surface area contributed by atoms with Crippen molar-refractivity contribution in [3.63, 3.8) is 0 Å². The van der Waals surface area contributed by atoms with Crippen molar-refractivity contribution in [2.24, 2.45) is 5.92 Å². The molecule has 0 heterocycles. The van der Waals surface area contributed by atoms with Crippen LogP contribution in [-0.4, -0.2) is 0 Å². The van der Waals surface area contributed by atoms with Crippen molar-refractivity contribution in [2.75, 3.05) is 0 Å². The van der Waals surface area contributed by atoms with E-state index in [9.17, 15) is 0 Å². The standard InChI is InChI=1S/C19H28.2C2H6/c1-6-11-15-17(12-7-2)16-18(10-5)19(13-8-3)14-9-4;2*1-2/h6-9,11-15,18H,3,10,16H2,1-2,4-5H3;2*1-2H3/b11-6-,12-7-,14-9-,17-15+,19-13+;;. The van der Waals surface area contributed by atoms with E-state index in [1.807, 2.05) is 40.7 Å². The minimum Gasteiger partial charge on any atom is -0.0991 e. The van der Waals surface area contributed by atoms with Gasteiger partial charge in [-0.1, -0.05) is 95.9 Å². The van der Waals surface area contributed by atoms with Crippen molar-refractivity contribution in [1.29, 1.82) is 0 Å². The van der Waals surface area contributed by atoms with Gasteiger partial charge < -0.3 is 0 Å². The number of hydrogen-bond acceptors (Lipinski definition) is 0. The first-order chi connectivity index (χ1) is 11.2. The number of rotatable bonds is 8. The zero-order valence-corrected chi connectivity index (χ0v) is 16.9. The smallest absolute Gasteiger partial charge is 0.0124 e. The maximum Gasteiger partial charge on any atom is -0.0124 e. The van der Waals surface area contributed by atoms with Gasteiger partial charge in [0.05, 0.1) is 0 Å². The lowest BCUT2D eigenvalue weighted by atomic mass is 9.88. The maximum atomic E-state index is 3.81. The minimum atomic E-state index is 0.543. The van der Waals surface area contributed by atoms with Crippen LogP contribution in [0.2, 0.25) is 0 Å². The predicted molar refractivity (Wildman–Crippen MR) is 112 cm³/mol. The van der Waals surface area contributed by atoms with E-state index in [0.717, 1.165) is 12.8 Å². The molecule has 0 radical (unpaired) electrons. The van der Waals surface area contributed by atoms with Crippen molar-refractivity contribution in [1.82, 2.24) is 0 Å². The highest BCUT2D eigenvalue weighted by atomic mass is 14.2. The zero-order valence-electron chi connectivity index (χ0n) is 16.9. The Kier molecular flexibility index (Phi) is 26.0. The summed E-state index contributed by atoms with van der Waals surface area (Å²) in [6, 6.07) is 0. The van der Waals surface area contributed by atoms with Gasteiger partial charge in [0.15, 0.2) is 0 Å². The molecule has 0 nitrogen and oxygen atoms in total. The Hall–Kier alpha value is -1.56. The molecule has 0 aromatic carbocycles. The Morgan fingerprint density at radius 3 is 1.83 bits per heavy atom. The molecule has 0 aromatic heterocycles. The van der Waals surface area contributed by atoms with Gasteiger partial charge in [-0.3, -0.25) is 0 Å². The maximum absolute atomic E-state index is 3.81. The van der Waals surface area contributed by atoms with Gasteiger partial charge in [0.2, 0.25) is 0 Å². The average molecular weight is 317 g/mol. The van der Waals surface area contributed by atoms with E-state index < -0.39 is 0 Å². The molecule has 0 saturated carbocycles. The van der Waals surface area contributed by atoms with E-state index in [0.29, 0.717) is 5.92 Å². The molecule has 0 rings (SSSR count). The summed E-state index contributed by atoms with van der Waals surface area (Å²) in [6.45, 7) is 20.2. The monoisotopic (exact) mass is 316 g/mol. The largest absolute Gasteiger partial charge is 0.0991 e. The molecule has 1 unspecified atom stereocenters. The highest BCUT2D eigenvalue weighted by molar-refractivity contribution is 5.30. The molecule has 0 spiro atoms. The third-order valence-corrected chi connectivity index (χ3v) is 3.00. The fourth-order valence-electron chi connectivity index (χ4n) is 2.06. The molecule has 0 fully saturated rings. The van der Waals surface area contributed by atoms with Crippen LogP contribution in [0.15, 0.2) is 72.4 Å². The van der Waals surface area contributed by atoms with Gasteiger partial charge in [0.1, 0.15) is 0 Å². The Balaban J connectivity index is -0.000000919. The second kappa shape index (κ2) is 22.7. The van der Waals surface area contributed by atoms with Crippen LogP contribution in [0.4, 0.5) is 0 Å². The number of hydrogen-bond donors (Lipinski definition) is 0. The fourth-order valence-corrected chi connectivity index (χ4v) is 2.06. The lowest BCUT2D eigenvalue weighted by Crippen LogP contribution is -2.02. The molecule has 0 amide bonds. The first-order valence-electron chi connectivity index (χ1n) is 9.13. The summed E-state index contributed by atoms with van der Waals surface area (Å²) in [5.74, 6) is 0.543. The molecule has 0 aliphatic heterocycles. The van der Waals surface area contributed by atoms with E-state index in [4.69, 9.17) is 0 Å². The first kappa shape index (κ1) is 26.3. The summed E-state index contributed by atoms with van der Waals surface area (Å²) in [4.78, 5) is 0. The van der Waals surface area contributed by atoms with Gasteiger partial charge >= 0.3 is 0 Å². The van der Waals surface area contributed by atoms with Crippen LogP contribution in [0.1, 0.15) is 68.2 Å². The zero-order chi connectivity index (χ0) is 18.5. The van der Waals surface area contributed by atoms with Crippen LogP contribution in [0.3, 0.4) is 0 Å². The van der Waals surface area contributed by atoms with Crippen molar-refractivity contribution in [3.05, 3.63) is 72.4 Å². The quantitative estimate of drug-likeness (QED) is 0.396. The van der Waals surface area contributed by atoms with Crippen LogP contribution < -0.4 is 0 Å². The van der Waals surface area contributed by atoms with Gasteiger partial charge in [-0.25, -0.2) is 0 Å². The summed E-state index contributed by atoms with van der Waals surface area (Å²) >= 11 is 0. The van der Waals surface area contributed by atoms with E-state index in [2.05, 4.69) is 76.0 Å². The van der Waals surface area contributed by atoms with E-state index >= 15 is 0 Å². The molecule has 1 atom stereocenters. The highest BCUT2D eigenvalue weighted by Crippen LogP contribution is 2.25. The molecular formula is C23H40. The van der Waals surface area contributed by atoms with Crippen LogP contribution in [0.25, 0.3) is 0 Å². The van der Waals surface area contributed by atoms with Crippen molar-refractivity contribution >= 4 is 0 Å². The third-order valence-electron chi connectivity index (χ3n) is 3.00. The van der Waals surface area contributed by atoms with E-state index in [1.165, 1.54) is 11.1 Å². The Labute approximate surface area is 147 Å². The first-order valence-corrected chi connectivity index (χ1v) is 9.13. The topological polar surface area (TPSA) is 0 Å². The van der Waals surface area contributed by atoms with Gasteiger partial charge in [-0.05, 0) is 50.7 Å². The van der Waals surface area contributed by atoms with Gasteiger partial charge in [0, 0.05) is 0 Å². The molecule has 0 heteroatoms. The molecule has 23 heavy (non-hydrogen) atoms. The third kappa shape index (κ3) is 15.1. The average Bonchev–Trinajstić information content (AvgIpc) is 2.60. The second-order valence-corrected chi connectivity index (χ2v) is 4.48. The molecule has 0 N–H and O–H groups in total. The normalized spacial score (nSPS) is 13.6. The summed E-state index contributed by atoms with van der Waals surface area (Å²) in [5, 5.41) is 0. The molecular weight excluding hydrogens is 276 g/mol. The van der Waals surface area contributed by atoms with Gasteiger partial charge in [-0.2, -0.15) is 0 Å². The van der Waals surface area contributed by atoms with Crippen LogP contribution in [0, 0.1) is 5.92 Å². The van der Waals surface area contributed by atoms with Crippen LogP contribution in [-0.2, 0) is 0 Å². The van der Waals surface area contributed by atoms with Crippen molar-refractivity contribution < 1.29 is 0 Å². The predicted octanol–water partition coefficient (Wildman–Crippen LogP) is 8.22. The van der Waals surface area contributed by atoms with E-state index in [1.54, 1.807) is 0 Å². The van der Waals surface area contributed by atoms with Gasteiger partial charge in [-0.15, -0.1) is 0 Å². The van der Waals surface area contributed by atoms with Crippen molar-refractivity contribution in [3.8, 4) is 0 Å². The molecule has 0 bridgehead atoms. The lowest BCUT2D eigenvalue weighted by Gasteiger charge is -2.17. The molecule has 132 valence electrons. The molecule has 0 saturated heterocycles. The fraction of sp³-hybridized carbons (Fsp3) is 0.478. The Morgan fingerprint density at radius 2 is 1.43 bits per heavy atom.